The minimum Gasteiger partial charge on any atom is -0.387 e. The van der Waals surface area contributed by atoms with Crippen LogP contribution in [0, 0.1) is 11.6 Å². The highest BCUT2D eigenvalue weighted by Crippen LogP contribution is 2.32. The standard InChI is InChI=1S/C12H12F2N2OS/c13-8-1-7(2-9(14)3-8)10(4-15)12(17)11-5-16-6-18-11/h1-3,5-6,10,12,17H,4,15H2. The maximum absolute atomic E-state index is 13.2. The molecular weight excluding hydrogens is 258 g/mol. The fourth-order valence-corrected chi connectivity index (χ4v) is 2.48. The van der Waals surface area contributed by atoms with Crippen molar-refractivity contribution in [3.05, 3.63) is 52.0 Å². The van der Waals surface area contributed by atoms with E-state index >= 15 is 0 Å². The average Bonchev–Trinajstić information content (AvgIpc) is 2.81. The highest BCUT2D eigenvalue weighted by atomic mass is 32.1. The van der Waals surface area contributed by atoms with Crippen LogP contribution < -0.4 is 5.73 Å². The molecule has 0 saturated heterocycles. The van der Waals surface area contributed by atoms with E-state index in [-0.39, 0.29) is 6.54 Å². The van der Waals surface area contributed by atoms with Crippen LogP contribution in [0.2, 0.25) is 0 Å². The largest absolute Gasteiger partial charge is 0.387 e. The molecule has 2 aromatic rings. The van der Waals surface area contributed by atoms with Gasteiger partial charge in [0.2, 0.25) is 0 Å². The molecule has 1 aromatic heterocycles. The van der Waals surface area contributed by atoms with E-state index in [2.05, 4.69) is 4.98 Å². The van der Waals surface area contributed by atoms with E-state index in [4.69, 9.17) is 5.73 Å². The van der Waals surface area contributed by atoms with Crippen LogP contribution in [0.4, 0.5) is 8.78 Å². The smallest absolute Gasteiger partial charge is 0.126 e. The minimum absolute atomic E-state index is 0.0853. The Morgan fingerprint density at radius 3 is 2.44 bits per heavy atom. The number of aliphatic hydroxyl groups is 1. The van der Waals surface area contributed by atoms with Crippen LogP contribution in [0.1, 0.15) is 22.5 Å². The maximum Gasteiger partial charge on any atom is 0.126 e. The first kappa shape index (κ1) is 13.1. The van der Waals surface area contributed by atoms with E-state index in [9.17, 15) is 13.9 Å². The SMILES string of the molecule is NCC(c1cc(F)cc(F)c1)C(O)c1cncs1. The summed E-state index contributed by atoms with van der Waals surface area (Å²) in [6.07, 6.45) is 0.608. The summed E-state index contributed by atoms with van der Waals surface area (Å²) >= 11 is 1.27. The lowest BCUT2D eigenvalue weighted by Gasteiger charge is -2.20. The van der Waals surface area contributed by atoms with Crippen LogP contribution in [-0.2, 0) is 0 Å². The zero-order chi connectivity index (χ0) is 13.1. The van der Waals surface area contributed by atoms with Crippen LogP contribution >= 0.6 is 11.3 Å². The number of rotatable bonds is 4. The first-order chi connectivity index (χ1) is 8.61. The van der Waals surface area contributed by atoms with Gasteiger partial charge in [-0.2, -0.15) is 0 Å². The second kappa shape index (κ2) is 5.51. The lowest BCUT2D eigenvalue weighted by Crippen LogP contribution is -2.20. The number of benzene rings is 1. The second-order valence-electron chi connectivity index (χ2n) is 3.89. The lowest BCUT2D eigenvalue weighted by molar-refractivity contribution is 0.150. The van der Waals surface area contributed by atoms with Gasteiger partial charge in [-0.3, -0.25) is 4.98 Å². The number of nitrogens with two attached hydrogens (primary N) is 1. The summed E-state index contributed by atoms with van der Waals surface area (Å²) in [7, 11) is 0. The molecule has 3 nitrogen and oxygen atoms in total. The molecule has 1 heterocycles. The first-order valence-corrected chi connectivity index (χ1v) is 6.22. The van der Waals surface area contributed by atoms with E-state index in [0.29, 0.717) is 10.4 Å². The topological polar surface area (TPSA) is 59.1 Å². The van der Waals surface area contributed by atoms with Gasteiger partial charge in [-0.25, -0.2) is 8.78 Å². The fourth-order valence-electron chi connectivity index (χ4n) is 1.81. The zero-order valence-electron chi connectivity index (χ0n) is 9.38. The Morgan fingerprint density at radius 1 is 1.28 bits per heavy atom. The second-order valence-corrected chi connectivity index (χ2v) is 4.81. The highest BCUT2D eigenvalue weighted by Gasteiger charge is 2.23. The Hall–Kier alpha value is -1.37. The first-order valence-electron chi connectivity index (χ1n) is 5.34. The molecule has 0 aliphatic heterocycles. The summed E-state index contributed by atoms with van der Waals surface area (Å²) in [6, 6.07) is 3.16. The molecule has 18 heavy (non-hydrogen) atoms. The molecule has 2 rings (SSSR count). The van der Waals surface area contributed by atoms with Crippen molar-refractivity contribution in [2.75, 3.05) is 6.54 Å². The number of nitrogens with zero attached hydrogens (tertiary/aromatic N) is 1. The summed E-state index contributed by atoms with van der Waals surface area (Å²) in [5, 5.41) is 10.1. The summed E-state index contributed by atoms with van der Waals surface area (Å²) in [5.74, 6) is -1.92. The van der Waals surface area contributed by atoms with Gasteiger partial charge in [0.25, 0.3) is 0 Å². The van der Waals surface area contributed by atoms with Crippen molar-refractivity contribution in [1.82, 2.24) is 4.98 Å². The third-order valence-corrected chi connectivity index (χ3v) is 3.54. The molecule has 0 saturated carbocycles. The fraction of sp³-hybridized carbons (Fsp3) is 0.250. The Bertz CT molecular complexity index is 499. The van der Waals surface area contributed by atoms with Crippen molar-refractivity contribution in [1.29, 1.82) is 0 Å². The molecule has 0 spiro atoms. The molecule has 6 heteroatoms. The molecule has 0 radical (unpaired) electrons. The van der Waals surface area contributed by atoms with E-state index in [0.717, 1.165) is 6.07 Å². The third-order valence-electron chi connectivity index (χ3n) is 2.69. The number of aromatic nitrogens is 1. The van der Waals surface area contributed by atoms with Crippen molar-refractivity contribution in [2.24, 2.45) is 5.73 Å². The Kier molecular flexibility index (Phi) is 4.00. The molecule has 2 atom stereocenters. The van der Waals surface area contributed by atoms with Crippen molar-refractivity contribution in [3.63, 3.8) is 0 Å². The number of hydrogen-bond acceptors (Lipinski definition) is 4. The number of aliphatic hydroxyl groups excluding tert-OH is 1. The summed E-state index contributed by atoms with van der Waals surface area (Å²) in [5.41, 5.74) is 7.52. The number of hydrogen-bond donors (Lipinski definition) is 2. The van der Waals surface area contributed by atoms with E-state index in [1.165, 1.54) is 29.7 Å². The molecule has 1 aromatic carbocycles. The van der Waals surface area contributed by atoms with Crippen LogP contribution in [0.25, 0.3) is 0 Å². The molecule has 0 aliphatic rings. The van der Waals surface area contributed by atoms with Crippen molar-refractivity contribution in [2.45, 2.75) is 12.0 Å². The van der Waals surface area contributed by atoms with E-state index < -0.39 is 23.7 Å². The van der Waals surface area contributed by atoms with Gasteiger partial charge in [-0.15, -0.1) is 11.3 Å². The Balaban J connectivity index is 2.33. The van der Waals surface area contributed by atoms with Crippen molar-refractivity contribution < 1.29 is 13.9 Å². The molecule has 96 valence electrons. The predicted molar refractivity (Wildman–Crippen MR) is 65.2 cm³/mol. The average molecular weight is 270 g/mol. The monoisotopic (exact) mass is 270 g/mol. The van der Waals surface area contributed by atoms with Gasteiger partial charge in [0.1, 0.15) is 11.6 Å². The molecule has 0 bridgehead atoms. The van der Waals surface area contributed by atoms with Crippen LogP contribution in [0.5, 0.6) is 0 Å². The number of thiazole rings is 1. The molecule has 2 unspecified atom stereocenters. The van der Waals surface area contributed by atoms with Crippen molar-refractivity contribution in [3.8, 4) is 0 Å². The molecule has 0 amide bonds. The zero-order valence-corrected chi connectivity index (χ0v) is 10.2. The highest BCUT2D eigenvalue weighted by molar-refractivity contribution is 7.09. The van der Waals surface area contributed by atoms with Gasteiger partial charge in [0, 0.05) is 24.7 Å². The van der Waals surface area contributed by atoms with Crippen LogP contribution in [0.3, 0.4) is 0 Å². The van der Waals surface area contributed by atoms with Crippen LogP contribution in [0.15, 0.2) is 29.9 Å². The van der Waals surface area contributed by atoms with Crippen LogP contribution in [-0.4, -0.2) is 16.6 Å². The van der Waals surface area contributed by atoms with Gasteiger partial charge < -0.3 is 10.8 Å². The Labute approximate surface area is 107 Å². The third kappa shape index (κ3) is 2.72. The Morgan fingerprint density at radius 2 is 1.94 bits per heavy atom. The van der Waals surface area contributed by atoms with Gasteiger partial charge in [-0.05, 0) is 17.7 Å². The van der Waals surface area contributed by atoms with Gasteiger partial charge in [-0.1, -0.05) is 0 Å². The molecule has 0 fully saturated rings. The normalized spacial score (nSPS) is 14.4. The molecule has 3 N–H and O–H groups in total. The predicted octanol–water partition coefficient (Wildman–Crippen LogP) is 2.20. The summed E-state index contributed by atoms with van der Waals surface area (Å²) in [6.45, 7) is 0.0853. The summed E-state index contributed by atoms with van der Waals surface area (Å²) in [4.78, 5) is 4.48. The van der Waals surface area contributed by atoms with E-state index in [1.807, 2.05) is 0 Å². The molecule has 0 aliphatic carbocycles. The number of halogens is 2. The van der Waals surface area contributed by atoms with Gasteiger partial charge in [0.05, 0.1) is 16.5 Å². The quantitative estimate of drug-likeness (QED) is 0.895. The van der Waals surface area contributed by atoms with Crippen molar-refractivity contribution >= 4 is 11.3 Å². The van der Waals surface area contributed by atoms with E-state index in [1.54, 1.807) is 5.51 Å². The van der Waals surface area contributed by atoms with Gasteiger partial charge >= 0.3 is 0 Å². The summed E-state index contributed by atoms with van der Waals surface area (Å²) < 4.78 is 26.3. The lowest BCUT2D eigenvalue weighted by atomic mass is 9.92. The molecular formula is C12H12F2N2OS. The van der Waals surface area contributed by atoms with Gasteiger partial charge in [0.15, 0.2) is 0 Å². The minimum atomic E-state index is -0.913. The maximum atomic E-state index is 13.2.